The fourth-order valence-corrected chi connectivity index (χ4v) is 3.82. The van der Waals surface area contributed by atoms with Crippen molar-refractivity contribution in [3.05, 3.63) is 65.7 Å². The number of urea groups is 1. The van der Waals surface area contributed by atoms with Crippen molar-refractivity contribution in [3.8, 4) is 0 Å². The quantitative estimate of drug-likeness (QED) is 0.764. The highest BCUT2D eigenvalue weighted by Gasteiger charge is 2.26. The number of carbonyl (C=O) groups excluding carboxylic acids is 2. The third-order valence-corrected chi connectivity index (χ3v) is 5.20. The van der Waals surface area contributed by atoms with Crippen LogP contribution in [-0.4, -0.2) is 36.0 Å². The number of carbonyl (C=O) groups is 2. The molecule has 1 aliphatic rings. The van der Waals surface area contributed by atoms with Gasteiger partial charge in [-0.05, 0) is 48.9 Å². The number of fused-ring (bicyclic) bond motifs is 1. The predicted molar refractivity (Wildman–Crippen MR) is 112 cm³/mol. The van der Waals surface area contributed by atoms with Crippen LogP contribution in [-0.2, 0) is 17.6 Å². The lowest BCUT2D eigenvalue weighted by molar-refractivity contribution is -0.133. The van der Waals surface area contributed by atoms with Gasteiger partial charge in [0, 0.05) is 31.2 Å². The van der Waals surface area contributed by atoms with Crippen molar-refractivity contribution in [3.63, 3.8) is 0 Å². The number of hydrogen-bond donors (Lipinski definition) is 2. The zero-order valence-corrected chi connectivity index (χ0v) is 16.5. The number of hydrogen-bond acceptors (Lipinski definition) is 2. The van der Waals surface area contributed by atoms with Gasteiger partial charge in [-0.2, -0.15) is 0 Å². The first-order valence-electron chi connectivity index (χ1n) is 10.1. The van der Waals surface area contributed by atoms with E-state index in [1.165, 1.54) is 11.1 Å². The molecule has 0 aliphatic heterocycles. The lowest BCUT2D eigenvalue weighted by Crippen LogP contribution is -2.45. The van der Waals surface area contributed by atoms with Crippen LogP contribution >= 0.6 is 0 Å². The van der Waals surface area contributed by atoms with E-state index in [1.807, 2.05) is 35.2 Å². The summed E-state index contributed by atoms with van der Waals surface area (Å²) < 4.78 is 0. The molecule has 0 fully saturated rings. The molecule has 2 aromatic carbocycles. The number of anilines is 1. The Hall–Kier alpha value is -2.82. The summed E-state index contributed by atoms with van der Waals surface area (Å²) in [4.78, 5) is 26.8. The van der Waals surface area contributed by atoms with Crippen LogP contribution in [0.4, 0.5) is 10.5 Å². The molecule has 148 valence electrons. The van der Waals surface area contributed by atoms with E-state index < -0.39 is 0 Å². The molecule has 0 aromatic heterocycles. The van der Waals surface area contributed by atoms with Crippen molar-refractivity contribution in [2.24, 2.45) is 0 Å². The zero-order chi connectivity index (χ0) is 19.8. The third kappa shape index (κ3) is 5.35. The largest absolute Gasteiger partial charge is 0.339 e. The highest BCUT2D eigenvalue weighted by molar-refractivity contribution is 5.89. The summed E-state index contributed by atoms with van der Waals surface area (Å²) in [6, 6.07) is 17.8. The molecule has 0 spiro atoms. The van der Waals surface area contributed by atoms with Gasteiger partial charge in [-0.15, -0.1) is 0 Å². The number of para-hydroxylation sites is 1. The standard InChI is InChI=1S/C23H29N3O2/c1-2-16-26(21-13-12-18-8-6-7-9-19(18)17-21)22(27)14-15-24-23(28)25-20-10-4-3-5-11-20/h3-11,21H,2,12-17H2,1H3,(H2,24,25,28). The summed E-state index contributed by atoms with van der Waals surface area (Å²) in [5.41, 5.74) is 3.50. The summed E-state index contributed by atoms with van der Waals surface area (Å²) >= 11 is 0. The molecule has 1 unspecified atom stereocenters. The van der Waals surface area contributed by atoms with E-state index in [0.717, 1.165) is 37.9 Å². The van der Waals surface area contributed by atoms with Crippen molar-refractivity contribution in [2.75, 3.05) is 18.4 Å². The Morgan fingerprint density at radius 1 is 1.04 bits per heavy atom. The molecule has 0 heterocycles. The Morgan fingerprint density at radius 3 is 2.50 bits per heavy atom. The van der Waals surface area contributed by atoms with E-state index in [9.17, 15) is 9.59 Å². The number of nitrogens with zero attached hydrogens (tertiary/aromatic N) is 1. The second kappa shape index (κ2) is 9.93. The van der Waals surface area contributed by atoms with E-state index in [1.54, 1.807) is 0 Å². The summed E-state index contributed by atoms with van der Waals surface area (Å²) in [7, 11) is 0. The van der Waals surface area contributed by atoms with Gasteiger partial charge >= 0.3 is 6.03 Å². The predicted octanol–water partition coefficient (Wildman–Crippen LogP) is 3.99. The van der Waals surface area contributed by atoms with Crippen LogP contribution in [0.5, 0.6) is 0 Å². The van der Waals surface area contributed by atoms with Crippen LogP contribution in [0.3, 0.4) is 0 Å². The molecule has 2 aromatic rings. The van der Waals surface area contributed by atoms with E-state index in [4.69, 9.17) is 0 Å². The third-order valence-electron chi connectivity index (χ3n) is 5.20. The molecule has 3 rings (SSSR count). The zero-order valence-electron chi connectivity index (χ0n) is 16.5. The van der Waals surface area contributed by atoms with E-state index >= 15 is 0 Å². The molecule has 0 bridgehead atoms. The molecule has 5 nitrogen and oxygen atoms in total. The first-order valence-corrected chi connectivity index (χ1v) is 10.1. The van der Waals surface area contributed by atoms with E-state index in [0.29, 0.717) is 13.0 Å². The Kier molecular flexibility index (Phi) is 7.06. The highest BCUT2D eigenvalue weighted by atomic mass is 16.2. The first-order chi connectivity index (χ1) is 13.7. The van der Waals surface area contributed by atoms with Gasteiger partial charge in [0.25, 0.3) is 0 Å². The Bertz CT molecular complexity index is 791. The minimum Gasteiger partial charge on any atom is -0.339 e. The maximum Gasteiger partial charge on any atom is 0.319 e. The minimum atomic E-state index is -0.285. The molecule has 2 N–H and O–H groups in total. The average Bonchev–Trinajstić information content (AvgIpc) is 2.72. The first kappa shape index (κ1) is 19.9. The smallest absolute Gasteiger partial charge is 0.319 e. The molecule has 0 radical (unpaired) electrons. The van der Waals surface area contributed by atoms with Crippen molar-refractivity contribution in [2.45, 2.75) is 45.1 Å². The van der Waals surface area contributed by atoms with Gasteiger partial charge in [0.1, 0.15) is 0 Å². The second-order valence-corrected chi connectivity index (χ2v) is 7.25. The number of benzene rings is 2. The van der Waals surface area contributed by atoms with Crippen molar-refractivity contribution < 1.29 is 9.59 Å². The maximum absolute atomic E-state index is 12.8. The lowest BCUT2D eigenvalue weighted by Gasteiger charge is -2.35. The Labute approximate surface area is 167 Å². The van der Waals surface area contributed by atoms with Crippen LogP contribution in [0.1, 0.15) is 37.3 Å². The fraction of sp³-hybridized carbons (Fsp3) is 0.391. The number of amides is 3. The molecule has 0 saturated carbocycles. The van der Waals surface area contributed by atoms with Crippen LogP contribution in [0.15, 0.2) is 54.6 Å². The lowest BCUT2D eigenvalue weighted by atomic mass is 9.87. The van der Waals surface area contributed by atoms with Crippen molar-refractivity contribution >= 4 is 17.6 Å². The molecular formula is C23H29N3O2. The van der Waals surface area contributed by atoms with Gasteiger partial charge in [0.05, 0.1) is 0 Å². The monoisotopic (exact) mass is 379 g/mol. The number of aryl methyl sites for hydroxylation is 1. The Morgan fingerprint density at radius 2 is 1.75 bits per heavy atom. The second-order valence-electron chi connectivity index (χ2n) is 7.25. The number of nitrogens with one attached hydrogen (secondary N) is 2. The number of rotatable bonds is 7. The van der Waals surface area contributed by atoms with Gasteiger partial charge < -0.3 is 15.5 Å². The van der Waals surface area contributed by atoms with Crippen LogP contribution < -0.4 is 10.6 Å². The highest BCUT2D eigenvalue weighted by Crippen LogP contribution is 2.25. The topological polar surface area (TPSA) is 61.4 Å². The minimum absolute atomic E-state index is 0.117. The van der Waals surface area contributed by atoms with Crippen LogP contribution in [0, 0.1) is 0 Å². The molecule has 5 heteroatoms. The average molecular weight is 380 g/mol. The summed E-state index contributed by atoms with van der Waals surface area (Å²) in [5.74, 6) is 0.117. The molecule has 3 amide bonds. The van der Waals surface area contributed by atoms with E-state index in [2.05, 4.69) is 41.8 Å². The van der Waals surface area contributed by atoms with Gasteiger partial charge in [0.15, 0.2) is 0 Å². The van der Waals surface area contributed by atoms with Gasteiger partial charge in [-0.1, -0.05) is 49.4 Å². The SMILES string of the molecule is CCCN(C(=O)CCNC(=O)Nc1ccccc1)C1CCc2ccccc2C1. The molecular weight excluding hydrogens is 350 g/mol. The molecule has 28 heavy (non-hydrogen) atoms. The summed E-state index contributed by atoms with van der Waals surface area (Å²) in [6.45, 7) is 3.20. The molecule has 1 atom stereocenters. The van der Waals surface area contributed by atoms with Crippen molar-refractivity contribution in [1.82, 2.24) is 10.2 Å². The fourth-order valence-electron chi connectivity index (χ4n) is 3.82. The normalized spacial score (nSPS) is 15.4. The van der Waals surface area contributed by atoms with Gasteiger partial charge in [-0.25, -0.2) is 4.79 Å². The van der Waals surface area contributed by atoms with Crippen LogP contribution in [0.25, 0.3) is 0 Å². The van der Waals surface area contributed by atoms with Gasteiger partial charge in [-0.3, -0.25) is 4.79 Å². The molecule has 0 saturated heterocycles. The molecule has 1 aliphatic carbocycles. The summed E-state index contributed by atoms with van der Waals surface area (Å²) in [6.07, 6.45) is 4.20. The van der Waals surface area contributed by atoms with E-state index in [-0.39, 0.29) is 18.0 Å². The Balaban J connectivity index is 1.50. The van der Waals surface area contributed by atoms with Crippen molar-refractivity contribution in [1.29, 1.82) is 0 Å². The van der Waals surface area contributed by atoms with Crippen LogP contribution in [0.2, 0.25) is 0 Å². The summed E-state index contributed by atoms with van der Waals surface area (Å²) in [5, 5.41) is 5.55. The van der Waals surface area contributed by atoms with Gasteiger partial charge in [0.2, 0.25) is 5.91 Å². The maximum atomic E-state index is 12.8.